The molecule has 138 valence electrons. The Bertz CT molecular complexity index is 932. The van der Waals surface area contributed by atoms with Crippen molar-refractivity contribution in [2.45, 2.75) is 38.3 Å². The number of pyridine rings is 2. The fraction of sp³-hybridized carbons (Fsp3) is 0.474. The molecule has 3 aromatic rings. The van der Waals surface area contributed by atoms with Crippen LogP contribution in [0.2, 0.25) is 0 Å². The summed E-state index contributed by atoms with van der Waals surface area (Å²) in [5.74, 6) is 0.211. The van der Waals surface area contributed by atoms with Gasteiger partial charge in [-0.1, -0.05) is 0 Å². The highest BCUT2D eigenvalue weighted by atomic mass is 19.4. The van der Waals surface area contributed by atoms with Gasteiger partial charge in [0.1, 0.15) is 5.65 Å². The monoisotopic (exact) mass is 362 g/mol. The number of piperidine rings is 1. The van der Waals surface area contributed by atoms with Crippen LogP contribution in [0, 0.1) is 6.92 Å². The number of halogens is 3. The van der Waals surface area contributed by atoms with Crippen molar-refractivity contribution < 1.29 is 13.2 Å². The second-order valence-electron chi connectivity index (χ2n) is 7.14. The van der Waals surface area contributed by atoms with Crippen molar-refractivity contribution in [3.05, 3.63) is 35.8 Å². The van der Waals surface area contributed by atoms with Gasteiger partial charge in [0.2, 0.25) is 0 Å². The van der Waals surface area contributed by atoms with E-state index < -0.39 is 12.6 Å². The molecule has 0 spiro atoms. The van der Waals surface area contributed by atoms with Gasteiger partial charge in [0, 0.05) is 35.8 Å². The largest absolute Gasteiger partial charge is 0.390 e. The molecule has 3 aromatic heterocycles. The standard InChI is InChI=1S/C19H21F3N4/c1-12-9-15-17-14(4-6-23-16(17)10-24-18(15)25-12)13-3-2-7-26(11-13)8-5-19(20,21)22/h4,6,9-10,13H,2-3,5,7-8,11H2,1H3,(H,24,25). The number of H-pyrrole nitrogens is 1. The van der Waals surface area contributed by atoms with E-state index in [0.29, 0.717) is 6.54 Å². The van der Waals surface area contributed by atoms with Gasteiger partial charge in [0.05, 0.1) is 18.1 Å². The van der Waals surface area contributed by atoms with Gasteiger partial charge >= 0.3 is 6.18 Å². The number of likely N-dealkylation sites (tertiary alicyclic amines) is 1. The molecule has 1 aliphatic rings. The number of fused-ring (bicyclic) bond motifs is 3. The van der Waals surface area contributed by atoms with E-state index in [9.17, 15) is 13.2 Å². The zero-order chi connectivity index (χ0) is 18.3. The quantitative estimate of drug-likeness (QED) is 0.743. The summed E-state index contributed by atoms with van der Waals surface area (Å²) < 4.78 is 37.7. The lowest BCUT2D eigenvalue weighted by molar-refractivity contribution is -0.138. The van der Waals surface area contributed by atoms with Crippen LogP contribution in [0.25, 0.3) is 21.9 Å². The van der Waals surface area contributed by atoms with Crippen molar-refractivity contribution in [2.75, 3.05) is 19.6 Å². The van der Waals surface area contributed by atoms with Crippen LogP contribution in [0.4, 0.5) is 13.2 Å². The zero-order valence-corrected chi connectivity index (χ0v) is 14.6. The van der Waals surface area contributed by atoms with Crippen LogP contribution in [0.5, 0.6) is 0 Å². The third-order valence-corrected chi connectivity index (χ3v) is 5.19. The number of hydrogen-bond donors (Lipinski definition) is 1. The van der Waals surface area contributed by atoms with Gasteiger partial charge in [-0.15, -0.1) is 0 Å². The van der Waals surface area contributed by atoms with Crippen LogP contribution in [-0.2, 0) is 0 Å². The molecule has 1 atom stereocenters. The van der Waals surface area contributed by atoms with Crippen LogP contribution < -0.4 is 0 Å². The fourth-order valence-corrected chi connectivity index (χ4v) is 4.02. The van der Waals surface area contributed by atoms with Crippen molar-refractivity contribution in [1.29, 1.82) is 0 Å². The molecule has 1 fully saturated rings. The second-order valence-corrected chi connectivity index (χ2v) is 7.14. The summed E-state index contributed by atoms with van der Waals surface area (Å²) >= 11 is 0. The van der Waals surface area contributed by atoms with E-state index in [-0.39, 0.29) is 12.5 Å². The fourth-order valence-electron chi connectivity index (χ4n) is 4.02. The van der Waals surface area contributed by atoms with Crippen LogP contribution in [0.1, 0.15) is 36.4 Å². The highest BCUT2D eigenvalue weighted by Gasteiger charge is 2.30. The van der Waals surface area contributed by atoms with Gasteiger partial charge in [-0.2, -0.15) is 13.2 Å². The third kappa shape index (κ3) is 3.40. The summed E-state index contributed by atoms with van der Waals surface area (Å²) in [6.07, 6.45) is 0.584. The topological polar surface area (TPSA) is 44.8 Å². The molecule has 0 saturated carbocycles. The highest BCUT2D eigenvalue weighted by molar-refractivity contribution is 6.05. The van der Waals surface area contributed by atoms with E-state index in [1.165, 1.54) is 0 Å². The Kier molecular flexibility index (Phi) is 4.34. The number of rotatable bonds is 3. The Morgan fingerprint density at radius 2 is 2.15 bits per heavy atom. The second kappa shape index (κ2) is 6.54. The van der Waals surface area contributed by atoms with Crippen molar-refractivity contribution in [2.24, 2.45) is 0 Å². The molecule has 0 bridgehead atoms. The zero-order valence-electron chi connectivity index (χ0n) is 14.6. The number of hydrogen-bond acceptors (Lipinski definition) is 3. The first-order chi connectivity index (χ1) is 12.4. The lowest BCUT2D eigenvalue weighted by atomic mass is 9.88. The van der Waals surface area contributed by atoms with Gasteiger partial charge in [0.25, 0.3) is 0 Å². The number of nitrogens with zero attached hydrogens (tertiary/aromatic N) is 3. The molecule has 0 radical (unpaired) electrons. The summed E-state index contributed by atoms with van der Waals surface area (Å²) in [5.41, 5.74) is 3.86. The molecule has 7 heteroatoms. The van der Waals surface area contributed by atoms with E-state index in [4.69, 9.17) is 0 Å². The smallest absolute Gasteiger partial charge is 0.344 e. The number of aryl methyl sites for hydroxylation is 1. The first kappa shape index (κ1) is 17.3. The number of alkyl halides is 3. The Balaban J connectivity index is 1.68. The molecular formula is C19H21F3N4. The maximum Gasteiger partial charge on any atom is 0.390 e. The SMILES string of the molecule is Cc1cc2c(ncc3nccc(C4CCCN(CCC(F)(F)F)C4)c32)[nH]1. The molecule has 1 aliphatic heterocycles. The van der Waals surface area contributed by atoms with Crippen LogP contribution in [-0.4, -0.2) is 45.7 Å². The van der Waals surface area contributed by atoms with Gasteiger partial charge in [-0.25, -0.2) is 4.98 Å². The number of aromatic amines is 1. The minimum absolute atomic E-state index is 0.0727. The van der Waals surface area contributed by atoms with Gasteiger partial charge in [0.15, 0.2) is 0 Å². The van der Waals surface area contributed by atoms with Crippen LogP contribution >= 0.6 is 0 Å². The lowest BCUT2D eigenvalue weighted by Crippen LogP contribution is -2.36. The van der Waals surface area contributed by atoms with Crippen molar-refractivity contribution >= 4 is 21.9 Å². The summed E-state index contributed by atoms with van der Waals surface area (Å²) in [5, 5.41) is 2.11. The predicted octanol–water partition coefficient (Wildman–Crippen LogP) is 4.55. The first-order valence-corrected chi connectivity index (χ1v) is 8.93. The number of nitrogens with one attached hydrogen (secondary N) is 1. The molecule has 4 heterocycles. The molecule has 0 aromatic carbocycles. The minimum Gasteiger partial charge on any atom is -0.344 e. The van der Waals surface area contributed by atoms with Gasteiger partial charge < -0.3 is 9.88 Å². The molecule has 1 N–H and O–H groups in total. The Labute approximate surface area is 149 Å². The summed E-state index contributed by atoms with van der Waals surface area (Å²) in [6, 6.07) is 4.09. The van der Waals surface area contributed by atoms with Crippen molar-refractivity contribution in [1.82, 2.24) is 19.9 Å². The van der Waals surface area contributed by atoms with E-state index >= 15 is 0 Å². The van der Waals surface area contributed by atoms with E-state index in [1.807, 2.05) is 17.9 Å². The molecule has 4 nitrogen and oxygen atoms in total. The van der Waals surface area contributed by atoms with Crippen LogP contribution in [0.15, 0.2) is 24.5 Å². The maximum absolute atomic E-state index is 12.6. The molecule has 26 heavy (non-hydrogen) atoms. The average Bonchev–Trinajstić information content (AvgIpc) is 2.99. The van der Waals surface area contributed by atoms with E-state index in [2.05, 4.69) is 21.0 Å². The molecule has 0 amide bonds. The average molecular weight is 362 g/mol. The van der Waals surface area contributed by atoms with Gasteiger partial charge in [-0.3, -0.25) is 4.98 Å². The molecular weight excluding hydrogens is 341 g/mol. The Hall–Kier alpha value is -2.15. The highest BCUT2D eigenvalue weighted by Crippen LogP contribution is 2.35. The molecule has 1 unspecified atom stereocenters. The van der Waals surface area contributed by atoms with Gasteiger partial charge in [-0.05, 0) is 49.9 Å². The van der Waals surface area contributed by atoms with Crippen molar-refractivity contribution in [3.63, 3.8) is 0 Å². The first-order valence-electron chi connectivity index (χ1n) is 8.93. The summed E-state index contributed by atoms with van der Waals surface area (Å²) in [6.45, 7) is 3.45. The third-order valence-electron chi connectivity index (χ3n) is 5.19. The van der Waals surface area contributed by atoms with Crippen molar-refractivity contribution in [3.8, 4) is 0 Å². The maximum atomic E-state index is 12.6. The molecule has 0 aliphatic carbocycles. The number of aromatic nitrogens is 3. The Morgan fingerprint density at radius 3 is 2.96 bits per heavy atom. The van der Waals surface area contributed by atoms with E-state index in [0.717, 1.165) is 52.6 Å². The predicted molar refractivity (Wildman–Crippen MR) is 95.2 cm³/mol. The molecule has 4 rings (SSSR count). The Morgan fingerprint density at radius 1 is 1.31 bits per heavy atom. The summed E-state index contributed by atoms with van der Waals surface area (Å²) in [4.78, 5) is 14.1. The minimum atomic E-state index is -4.10. The van der Waals surface area contributed by atoms with Crippen LogP contribution in [0.3, 0.4) is 0 Å². The molecule has 1 saturated heterocycles. The lowest BCUT2D eigenvalue weighted by Gasteiger charge is -2.33. The summed E-state index contributed by atoms with van der Waals surface area (Å²) in [7, 11) is 0. The van der Waals surface area contributed by atoms with E-state index in [1.54, 1.807) is 12.4 Å². The normalized spacial score (nSPS) is 19.5.